The lowest BCUT2D eigenvalue weighted by atomic mass is 9.93. The molecule has 0 spiro atoms. The SMILES string of the molecule is CN(Cc1cnn(-c2ccccc2)n1)CC(C)(C)CN.Cl. The van der Waals surface area contributed by atoms with Gasteiger partial charge in [0.05, 0.1) is 17.6 Å². The Morgan fingerprint density at radius 2 is 1.90 bits per heavy atom. The number of aromatic nitrogens is 3. The Morgan fingerprint density at radius 3 is 2.52 bits per heavy atom. The van der Waals surface area contributed by atoms with E-state index in [1.54, 1.807) is 4.80 Å². The van der Waals surface area contributed by atoms with Gasteiger partial charge in [-0.15, -0.1) is 12.4 Å². The van der Waals surface area contributed by atoms with Crippen molar-refractivity contribution in [1.29, 1.82) is 0 Å². The lowest BCUT2D eigenvalue weighted by Gasteiger charge is -2.28. The zero-order valence-electron chi connectivity index (χ0n) is 12.9. The van der Waals surface area contributed by atoms with Crippen LogP contribution in [0.15, 0.2) is 36.5 Å². The minimum atomic E-state index is 0. The predicted octanol–water partition coefficient (Wildman–Crippen LogP) is 2.11. The van der Waals surface area contributed by atoms with Crippen LogP contribution in [0.3, 0.4) is 0 Å². The molecule has 2 aromatic rings. The number of halogens is 1. The number of para-hydroxylation sites is 1. The number of nitrogens with zero attached hydrogens (tertiary/aromatic N) is 4. The van der Waals surface area contributed by atoms with Crippen molar-refractivity contribution in [2.24, 2.45) is 11.1 Å². The topological polar surface area (TPSA) is 60.0 Å². The molecular weight excluding hydrogens is 286 g/mol. The molecule has 0 saturated carbocycles. The van der Waals surface area contributed by atoms with Crippen molar-refractivity contribution in [3.8, 4) is 5.69 Å². The standard InChI is InChI=1S/C15H23N5.ClH/c1-15(2,11-16)12-19(3)10-13-9-17-20(18-13)14-7-5-4-6-8-14;/h4-9H,10-12,16H2,1-3H3;1H. The van der Waals surface area contributed by atoms with Gasteiger partial charge in [0.25, 0.3) is 0 Å². The van der Waals surface area contributed by atoms with Gasteiger partial charge in [-0.1, -0.05) is 32.0 Å². The zero-order chi connectivity index (χ0) is 14.6. The van der Waals surface area contributed by atoms with Crippen molar-refractivity contribution in [1.82, 2.24) is 19.9 Å². The maximum atomic E-state index is 5.77. The molecule has 0 unspecified atom stereocenters. The normalized spacial score (nSPS) is 11.5. The fraction of sp³-hybridized carbons (Fsp3) is 0.467. The smallest absolute Gasteiger partial charge is 0.0971 e. The van der Waals surface area contributed by atoms with Crippen LogP contribution in [0.1, 0.15) is 19.5 Å². The highest BCUT2D eigenvalue weighted by Crippen LogP contribution is 2.15. The van der Waals surface area contributed by atoms with Crippen molar-refractivity contribution < 1.29 is 0 Å². The van der Waals surface area contributed by atoms with E-state index in [-0.39, 0.29) is 17.8 Å². The van der Waals surface area contributed by atoms with Gasteiger partial charge in [0.1, 0.15) is 0 Å². The van der Waals surface area contributed by atoms with Gasteiger partial charge in [0.15, 0.2) is 0 Å². The van der Waals surface area contributed by atoms with Crippen molar-refractivity contribution in [3.63, 3.8) is 0 Å². The van der Waals surface area contributed by atoms with Crippen molar-refractivity contribution >= 4 is 12.4 Å². The Morgan fingerprint density at radius 1 is 1.24 bits per heavy atom. The maximum absolute atomic E-state index is 5.77. The van der Waals surface area contributed by atoms with Crippen LogP contribution in [0.4, 0.5) is 0 Å². The highest BCUT2D eigenvalue weighted by molar-refractivity contribution is 5.85. The molecule has 0 fully saturated rings. The second-order valence-electron chi connectivity index (χ2n) is 6.00. The summed E-state index contributed by atoms with van der Waals surface area (Å²) in [5, 5.41) is 8.82. The van der Waals surface area contributed by atoms with E-state index >= 15 is 0 Å². The quantitative estimate of drug-likeness (QED) is 0.888. The second kappa shape index (κ2) is 7.54. The van der Waals surface area contributed by atoms with E-state index < -0.39 is 0 Å². The van der Waals surface area contributed by atoms with Crippen LogP contribution >= 0.6 is 12.4 Å². The van der Waals surface area contributed by atoms with Crippen LogP contribution in [0.25, 0.3) is 5.69 Å². The first-order valence-corrected chi connectivity index (χ1v) is 6.85. The first-order valence-electron chi connectivity index (χ1n) is 6.85. The molecule has 0 aliphatic rings. The second-order valence-corrected chi connectivity index (χ2v) is 6.00. The molecular formula is C15H24ClN5. The van der Waals surface area contributed by atoms with Gasteiger partial charge >= 0.3 is 0 Å². The number of nitrogens with two attached hydrogens (primary N) is 1. The van der Waals surface area contributed by atoms with Crippen molar-refractivity contribution in [2.45, 2.75) is 20.4 Å². The van der Waals surface area contributed by atoms with Crippen LogP contribution in [0, 0.1) is 5.41 Å². The molecule has 0 aliphatic heterocycles. The Balaban J connectivity index is 0.00000220. The zero-order valence-corrected chi connectivity index (χ0v) is 13.7. The van der Waals surface area contributed by atoms with E-state index in [0.29, 0.717) is 6.54 Å². The first kappa shape index (κ1) is 17.6. The fourth-order valence-electron chi connectivity index (χ4n) is 2.18. The average Bonchev–Trinajstić information content (AvgIpc) is 2.87. The number of hydrogen-bond acceptors (Lipinski definition) is 4. The summed E-state index contributed by atoms with van der Waals surface area (Å²) in [6, 6.07) is 9.93. The summed E-state index contributed by atoms with van der Waals surface area (Å²) in [4.78, 5) is 3.89. The third-order valence-electron chi connectivity index (χ3n) is 3.21. The third-order valence-corrected chi connectivity index (χ3v) is 3.21. The highest BCUT2D eigenvalue weighted by Gasteiger charge is 2.18. The Hall–Kier alpha value is -1.43. The lowest BCUT2D eigenvalue weighted by molar-refractivity contribution is 0.208. The molecule has 0 bridgehead atoms. The van der Waals surface area contributed by atoms with Gasteiger partial charge in [-0.3, -0.25) is 4.90 Å². The summed E-state index contributed by atoms with van der Waals surface area (Å²) >= 11 is 0. The molecule has 0 amide bonds. The molecule has 1 heterocycles. The van der Waals surface area contributed by atoms with Gasteiger partial charge in [0, 0.05) is 13.1 Å². The molecule has 0 radical (unpaired) electrons. The molecule has 6 heteroatoms. The molecule has 0 atom stereocenters. The van der Waals surface area contributed by atoms with E-state index in [1.165, 1.54) is 0 Å². The van der Waals surface area contributed by atoms with Crippen LogP contribution in [-0.4, -0.2) is 40.0 Å². The average molecular weight is 310 g/mol. The number of hydrogen-bond donors (Lipinski definition) is 1. The van der Waals surface area contributed by atoms with Crippen LogP contribution in [0.2, 0.25) is 0 Å². The summed E-state index contributed by atoms with van der Waals surface area (Å²) < 4.78 is 0. The summed E-state index contributed by atoms with van der Waals surface area (Å²) in [5.41, 5.74) is 7.82. The van der Waals surface area contributed by atoms with E-state index in [1.807, 2.05) is 36.5 Å². The Labute approximate surface area is 132 Å². The van der Waals surface area contributed by atoms with Crippen LogP contribution in [-0.2, 0) is 6.54 Å². The van der Waals surface area contributed by atoms with Gasteiger partial charge in [0.2, 0.25) is 0 Å². The predicted molar refractivity (Wildman–Crippen MR) is 87.8 cm³/mol. The molecule has 21 heavy (non-hydrogen) atoms. The number of benzene rings is 1. The van der Waals surface area contributed by atoms with E-state index in [9.17, 15) is 0 Å². The third kappa shape index (κ3) is 5.12. The van der Waals surface area contributed by atoms with Crippen LogP contribution in [0.5, 0.6) is 0 Å². The van der Waals surface area contributed by atoms with E-state index in [2.05, 4.69) is 36.0 Å². The van der Waals surface area contributed by atoms with Crippen molar-refractivity contribution in [3.05, 3.63) is 42.2 Å². The molecule has 0 aliphatic carbocycles. The monoisotopic (exact) mass is 309 g/mol. The van der Waals surface area contributed by atoms with Gasteiger partial charge in [-0.2, -0.15) is 15.0 Å². The minimum Gasteiger partial charge on any atom is -0.330 e. The van der Waals surface area contributed by atoms with Crippen molar-refractivity contribution in [2.75, 3.05) is 20.1 Å². The summed E-state index contributed by atoms with van der Waals surface area (Å²) in [5.74, 6) is 0. The molecule has 116 valence electrons. The van der Waals surface area contributed by atoms with E-state index in [4.69, 9.17) is 5.73 Å². The Kier molecular flexibility index (Phi) is 6.33. The molecule has 0 saturated heterocycles. The fourth-order valence-corrected chi connectivity index (χ4v) is 2.18. The summed E-state index contributed by atoms with van der Waals surface area (Å²) in [7, 11) is 2.08. The van der Waals surface area contributed by atoms with Crippen LogP contribution < -0.4 is 5.73 Å². The van der Waals surface area contributed by atoms with Gasteiger partial charge < -0.3 is 5.73 Å². The molecule has 2 rings (SSSR count). The maximum Gasteiger partial charge on any atom is 0.0971 e. The minimum absolute atomic E-state index is 0. The van der Waals surface area contributed by atoms with Gasteiger partial charge in [-0.05, 0) is 31.1 Å². The molecule has 1 aromatic carbocycles. The molecule has 1 aromatic heterocycles. The largest absolute Gasteiger partial charge is 0.330 e. The van der Waals surface area contributed by atoms with E-state index in [0.717, 1.165) is 24.5 Å². The first-order chi connectivity index (χ1) is 9.50. The highest BCUT2D eigenvalue weighted by atomic mass is 35.5. The summed E-state index contributed by atoms with van der Waals surface area (Å²) in [6.45, 7) is 6.72. The lowest BCUT2D eigenvalue weighted by Crippen LogP contribution is -2.36. The summed E-state index contributed by atoms with van der Waals surface area (Å²) in [6.07, 6.45) is 1.82. The molecule has 5 nitrogen and oxygen atoms in total. The Bertz CT molecular complexity index is 538. The molecule has 2 N–H and O–H groups in total. The number of rotatable bonds is 6. The van der Waals surface area contributed by atoms with Gasteiger partial charge in [-0.25, -0.2) is 0 Å².